The van der Waals surface area contributed by atoms with Crippen LogP contribution in [0.15, 0.2) is 42.9 Å². The molecule has 1 amide bonds. The van der Waals surface area contributed by atoms with Gasteiger partial charge in [0.1, 0.15) is 12.1 Å². The molecule has 2 atom stereocenters. The Morgan fingerprint density at radius 1 is 1.10 bits per heavy atom. The SMILES string of the molecule is CC(C)C[C@H](N)C(=O)O.O=C(NCCN[C@@H](Cc1c[nH]cn1)C(=O)O)c1ccccc1. The van der Waals surface area contributed by atoms with Crippen molar-refractivity contribution >= 4 is 17.8 Å². The molecular weight excluding hydrogens is 402 g/mol. The van der Waals surface area contributed by atoms with Crippen molar-refractivity contribution in [2.24, 2.45) is 11.7 Å². The number of carbonyl (C=O) groups is 3. The van der Waals surface area contributed by atoms with Crippen LogP contribution in [-0.4, -0.2) is 63.2 Å². The topological polar surface area (TPSA) is 170 Å². The number of nitrogens with two attached hydrogens (primary N) is 1. The number of benzene rings is 1. The van der Waals surface area contributed by atoms with Gasteiger partial charge in [0.05, 0.1) is 12.0 Å². The number of aromatic amines is 1. The van der Waals surface area contributed by atoms with E-state index in [-0.39, 0.29) is 12.3 Å². The highest BCUT2D eigenvalue weighted by Gasteiger charge is 2.18. The van der Waals surface area contributed by atoms with Crippen LogP contribution in [0.4, 0.5) is 0 Å². The van der Waals surface area contributed by atoms with Gasteiger partial charge in [-0.3, -0.25) is 14.4 Å². The number of hydrogen-bond donors (Lipinski definition) is 6. The van der Waals surface area contributed by atoms with Gasteiger partial charge < -0.3 is 31.6 Å². The molecule has 2 aromatic rings. The lowest BCUT2D eigenvalue weighted by atomic mass is 10.1. The average Bonchev–Trinajstić information content (AvgIpc) is 3.23. The highest BCUT2D eigenvalue weighted by molar-refractivity contribution is 5.94. The third kappa shape index (κ3) is 10.9. The van der Waals surface area contributed by atoms with Gasteiger partial charge in [-0.15, -0.1) is 0 Å². The largest absolute Gasteiger partial charge is 0.480 e. The molecule has 10 heteroatoms. The van der Waals surface area contributed by atoms with Gasteiger partial charge >= 0.3 is 11.9 Å². The molecule has 0 saturated heterocycles. The van der Waals surface area contributed by atoms with E-state index in [0.29, 0.717) is 36.7 Å². The molecule has 0 aliphatic carbocycles. The van der Waals surface area contributed by atoms with E-state index in [4.69, 9.17) is 10.8 Å². The fraction of sp³-hybridized carbons (Fsp3) is 0.429. The molecule has 0 radical (unpaired) electrons. The summed E-state index contributed by atoms with van der Waals surface area (Å²) in [4.78, 5) is 39.9. The Bertz CT molecular complexity index is 796. The molecule has 1 aromatic carbocycles. The van der Waals surface area contributed by atoms with Crippen LogP contribution in [0.25, 0.3) is 0 Å². The second-order valence-corrected chi connectivity index (χ2v) is 7.31. The Kier molecular flexibility index (Phi) is 11.6. The number of aliphatic carboxylic acids is 2. The number of nitrogens with zero attached hydrogens (tertiary/aromatic N) is 1. The summed E-state index contributed by atoms with van der Waals surface area (Å²) in [5.41, 5.74) is 6.47. The minimum atomic E-state index is -0.947. The lowest BCUT2D eigenvalue weighted by Gasteiger charge is -2.13. The second-order valence-electron chi connectivity index (χ2n) is 7.31. The molecule has 170 valence electrons. The van der Waals surface area contributed by atoms with Crippen LogP contribution in [0.5, 0.6) is 0 Å². The van der Waals surface area contributed by atoms with Crippen molar-refractivity contribution in [3.05, 3.63) is 54.1 Å². The summed E-state index contributed by atoms with van der Waals surface area (Å²) in [5, 5.41) is 23.1. The van der Waals surface area contributed by atoms with E-state index in [2.05, 4.69) is 20.6 Å². The van der Waals surface area contributed by atoms with Crippen molar-refractivity contribution in [2.75, 3.05) is 13.1 Å². The fourth-order valence-electron chi connectivity index (χ4n) is 2.58. The number of rotatable bonds is 11. The van der Waals surface area contributed by atoms with E-state index in [0.717, 1.165) is 0 Å². The Hall–Kier alpha value is -3.24. The van der Waals surface area contributed by atoms with E-state index in [9.17, 15) is 19.5 Å². The van der Waals surface area contributed by atoms with Crippen LogP contribution in [0.1, 0.15) is 36.3 Å². The number of carboxylic acids is 2. The summed E-state index contributed by atoms with van der Waals surface area (Å²) in [5.74, 6) is -1.68. The number of carbonyl (C=O) groups excluding carboxylic acids is 1. The first-order valence-electron chi connectivity index (χ1n) is 9.96. The van der Waals surface area contributed by atoms with E-state index >= 15 is 0 Å². The molecule has 0 saturated carbocycles. The van der Waals surface area contributed by atoms with Gasteiger partial charge in [-0.1, -0.05) is 32.0 Å². The van der Waals surface area contributed by atoms with Gasteiger partial charge in [0, 0.05) is 31.3 Å². The van der Waals surface area contributed by atoms with Crippen molar-refractivity contribution in [1.82, 2.24) is 20.6 Å². The van der Waals surface area contributed by atoms with Crippen LogP contribution in [0.2, 0.25) is 0 Å². The molecule has 10 nitrogen and oxygen atoms in total. The first kappa shape index (κ1) is 25.8. The minimum absolute atomic E-state index is 0.179. The Balaban J connectivity index is 0.000000452. The van der Waals surface area contributed by atoms with E-state index in [1.165, 1.54) is 6.33 Å². The Morgan fingerprint density at radius 2 is 1.77 bits per heavy atom. The van der Waals surface area contributed by atoms with Crippen molar-refractivity contribution in [2.45, 2.75) is 38.8 Å². The summed E-state index contributed by atoms with van der Waals surface area (Å²) < 4.78 is 0. The Morgan fingerprint density at radius 3 is 2.26 bits per heavy atom. The molecule has 0 spiro atoms. The summed E-state index contributed by atoms with van der Waals surface area (Å²) in [6.45, 7) is 4.60. The van der Waals surface area contributed by atoms with Crippen LogP contribution < -0.4 is 16.4 Å². The molecule has 31 heavy (non-hydrogen) atoms. The molecule has 1 heterocycles. The summed E-state index contributed by atoms with van der Waals surface area (Å²) >= 11 is 0. The molecule has 0 fully saturated rings. The summed E-state index contributed by atoms with van der Waals surface area (Å²) in [6, 6.07) is 7.43. The van der Waals surface area contributed by atoms with E-state index in [1.54, 1.807) is 30.5 Å². The maximum absolute atomic E-state index is 11.8. The van der Waals surface area contributed by atoms with Crippen molar-refractivity contribution < 1.29 is 24.6 Å². The van der Waals surface area contributed by atoms with Gasteiger partial charge in [0.25, 0.3) is 5.91 Å². The van der Waals surface area contributed by atoms with Crippen LogP contribution in [0.3, 0.4) is 0 Å². The van der Waals surface area contributed by atoms with Gasteiger partial charge in [0.15, 0.2) is 0 Å². The standard InChI is InChI=1S/C15H18N4O3.C6H13NO2/c20-14(11-4-2-1-3-5-11)18-7-6-17-13(15(21)22)8-12-9-16-10-19-12;1-4(2)3-5(7)6(8)9/h1-5,9-10,13,17H,6-8H2,(H,16,19)(H,18,20)(H,21,22);4-5H,3,7H2,1-2H3,(H,8,9)/t13-;5-/m00/s1. The number of imidazole rings is 1. The van der Waals surface area contributed by atoms with Crippen LogP contribution in [0, 0.1) is 5.92 Å². The highest BCUT2D eigenvalue weighted by atomic mass is 16.4. The molecule has 7 N–H and O–H groups in total. The van der Waals surface area contributed by atoms with Gasteiger partial charge in [-0.2, -0.15) is 0 Å². The fourth-order valence-corrected chi connectivity index (χ4v) is 2.58. The molecule has 0 unspecified atom stereocenters. The number of H-pyrrole nitrogens is 1. The van der Waals surface area contributed by atoms with Crippen molar-refractivity contribution in [3.8, 4) is 0 Å². The maximum Gasteiger partial charge on any atom is 0.321 e. The minimum Gasteiger partial charge on any atom is -0.480 e. The molecule has 2 rings (SSSR count). The smallest absolute Gasteiger partial charge is 0.321 e. The highest BCUT2D eigenvalue weighted by Crippen LogP contribution is 2.02. The monoisotopic (exact) mass is 433 g/mol. The summed E-state index contributed by atoms with van der Waals surface area (Å²) in [7, 11) is 0. The zero-order valence-corrected chi connectivity index (χ0v) is 17.7. The maximum atomic E-state index is 11.8. The van der Waals surface area contributed by atoms with Gasteiger partial charge in [0.2, 0.25) is 0 Å². The van der Waals surface area contributed by atoms with Gasteiger partial charge in [-0.05, 0) is 24.5 Å². The third-order valence-corrected chi connectivity index (χ3v) is 4.15. The average molecular weight is 434 g/mol. The summed E-state index contributed by atoms with van der Waals surface area (Å²) in [6.07, 6.45) is 4.00. The van der Waals surface area contributed by atoms with E-state index < -0.39 is 24.0 Å². The first-order chi connectivity index (χ1) is 14.7. The molecule has 0 aliphatic heterocycles. The number of nitrogens with one attached hydrogen (secondary N) is 3. The quantitative estimate of drug-likeness (QED) is 0.283. The lowest BCUT2D eigenvalue weighted by Crippen LogP contribution is -2.42. The molecule has 0 aliphatic rings. The first-order valence-corrected chi connectivity index (χ1v) is 9.96. The number of hydrogen-bond acceptors (Lipinski definition) is 6. The predicted octanol–water partition coefficient (Wildman–Crippen LogP) is 0.869. The zero-order chi connectivity index (χ0) is 23.2. The number of amides is 1. The Labute approximate surface area is 181 Å². The van der Waals surface area contributed by atoms with Crippen molar-refractivity contribution in [1.29, 1.82) is 0 Å². The third-order valence-electron chi connectivity index (χ3n) is 4.15. The second kappa shape index (κ2) is 13.9. The van der Waals surface area contributed by atoms with E-state index in [1.807, 2.05) is 19.9 Å². The number of aromatic nitrogens is 2. The molecule has 0 bridgehead atoms. The molecule has 1 aromatic heterocycles. The van der Waals surface area contributed by atoms with Crippen LogP contribution >= 0.6 is 0 Å². The van der Waals surface area contributed by atoms with Crippen molar-refractivity contribution in [3.63, 3.8) is 0 Å². The lowest BCUT2D eigenvalue weighted by molar-refractivity contribution is -0.140. The van der Waals surface area contributed by atoms with Crippen LogP contribution in [-0.2, 0) is 16.0 Å². The number of carboxylic acid groups (broad SMARTS) is 2. The predicted molar refractivity (Wildman–Crippen MR) is 116 cm³/mol. The molecular formula is C21H31N5O5. The normalized spacial score (nSPS) is 12.4. The van der Waals surface area contributed by atoms with Gasteiger partial charge in [-0.25, -0.2) is 4.98 Å². The zero-order valence-electron chi connectivity index (χ0n) is 17.7.